The molecule has 0 unspecified atom stereocenters. The lowest BCUT2D eigenvalue weighted by Crippen LogP contribution is -2.38. The van der Waals surface area contributed by atoms with Crippen LogP contribution in [0.3, 0.4) is 0 Å². The molecule has 0 aliphatic carbocycles. The second kappa shape index (κ2) is 8.49. The van der Waals surface area contributed by atoms with Gasteiger partial charge in [-0.05, 0) is 30.3 Å². The molecule has 9 nitrogen and oxygen atoms in total. The zero-order valence-corrected chi connectivity index (χ0v) is 19.6. The Labute approximate surface area is 199 Å². The molecule has 4 heterocycles. The van der Waals surface area contributed by atoms with Crippen LogP contribution in [0, 0.1) is 5.82 Å². The maximum absolute atomic E-state index is 14.5. The zero-order chi connectivity index (χ0) is 24.0. The summed E-state index contributed by atoms with van der Waals surface area (Å²) in [5.74, 6) is -1.05. The highest BCUT2D eigenvalue weighted by Gasteiger charge is 2.33. The molecule has 0 saturated heterocycles. The number of fused-ring (bicyclic) bond motifs is 2. The number of nitrogens with zero attached hydrogens (tertiary/aromatic N) is 5. The van der Waals surface area contributed by atoms with Crippen molar-refractivity contribution < 1.29 is 17.6 Å². The molecule has 0 atom stereocenters. The minimum absolute atomic E-state index is 0.0457. The predicted molar refractivity (Wildman–Crippen MR) is 123 cm³/mol. The third kappa shape index (κ3) is 3.75. The lowest BCUT2D eigenvalue weighted by Gasteiger charge is -2.26. The fourth-order valence-corrected chi connectivity index (χ4v) is 6.03. The molecule has 1 aromatic carbocycles. The summed E-state index contributed by atoms with van der Waals surface area (Å²) in [6.07, 6.45) is 3.23. The quantitative estimate of drug-likeness (QED) is 0.452. The lowest BCUT2D eigenvalue weighted by atomic mass is 10.1. The van der Waals surface area contributed by atoms with Gasteiger partial charge in [-0.25, -0.2) is 12.8 Å². The Hall–Kier alpha value is -3.28. The van der Waals surface area contributed by atoms with Gasteiger partial charge in [-0.1, -0.05) is 17.7 Å². The maximum atomic E-state index is 14.5. The Morgan fingerprint density at radius 1 is 1.21 bits per heavy atom. The van der Waals surface area contributed by atoms with Gasteiger partial charge in [0.05, 0.1) is 24.3 Å². The van der Waals surface area contributed by atoms with E-state index in [-0.39, 0.29) is 40.9 Å². The van der Waals surface area contributed by atoms with Gasteiger partial charge < -0.3 is 9.88 Å². The van der Waals surface area contributed by atoms with Crippen LogP contribution >= 0.6 is 11.6 Å². The van der Waals surface area contributed by atoms with Crippen molar-refractivity contribution in [3.8, 4) is 0 Å². The molecular formula is C22H20ClFN6O3S. The van der Waals surface area contributed by atoms with E-state index in [0.29, 0.717) is 17.4 Å². The van der Waals surface area contributed by atoms with Crippen LogP contribution in [0.5, 0.6) is 0 Å². The first-order valence-corrected chi connectivity index (χ1v) is 12.3. The van der Waals surface area contributed by atoms with Crippen molar-refractivity contribution in [2.45, 2.75) is 24.5 Å². The van der Waals surface area contributed by atoms with Crippen LogP contribution in [-0.4, -0.2) is 44.5 Å². The van der Waals surface area contributed by atoms with Crippen LogP contribution < -0.4 is 5.32 Å². The fraction of sp³-hybridized carbons (Fsp3) is 0.227. The Kier molecular flexibility index (Phi) is 5.62. The number of hydrogen-bond acceptors (Lipinski definition) is 5. The minimum atomic E-state index is -3.96. The number of halogens is 2. The molecule has 0 radical (unpaired) electrons. The fourth-order valence-electron chi connectivity index (χ4n) is 4.08. The summed E-state index contributed by atoms with van der Waals surface area (Å²) in [5, 5.41) is 7.33. The number of hydrogen-bond donors (Lipinski definition) is 1. The van der Waals surface area contributed by atoms with Gasteiger partial charge in [-0.15, -0.1) is 0 Å². The summed E-state index contributed by atoms with van der Waals surface area (Å²) in [5.41, 5.74) is 1.71. The first-order chi connectivity index (χ1) is 16.3. The normalized spacial score (nSPS) is 14.3. The zero-order valence-electron chi connectivity index (χ0n) is 18.1. The highest BCUT2D eigenvalue weighted by Crippen LogP contribution is 2.30. The average Bonchev–Trinajstić information content (AvgIpc) is 3.42. The standard InChI is InChI=1S/C22H20ClFN6O3S/c1-28-19(22(31)26-12-16-15-3-2-7-25-18(15)5-4-17(16)24)11-20(21(28)23)34(32,33)29-9-10-30-14(13-29)6-8-27-30/h2-8,11H,9-10,12-13H2,1H3,(H,26,31). The highest BCUT2D eigenvalue weighted by molar-refractivity contribution is 7.89. The van der Waals surface area contributed by atoms with Crippen molar-refractivity contribution in [3.05, 3.63) is 76.7 Å². The summed E-state index contributed by atoms with van der Waals surface area (Å²) >= 11 is 6.35. The SMILES string of the molecule is Cn1c(C(=O)NCc2c(F)ccc3ncccc23)cc(S(=O)(=O)N2CCn3nccc3C2)c1Cl. The molecule has 1 N–H and O–H groups in total. The van der Waals surface area contributed by atoms with Crippen LogP contribution in [0.15, 0.2) is 53.7 Å². The summed E-state index contributed by atoms with van der Waals surface area (Å²) in [6, 6.07) is 9.29. The number of carbonyl (C=O) groups excluding carboxylic acids is 1. The van der Waals surface area contributed by atoms with Crippen LogP contribution in [0.25, 0.3) is 10.9 Å². The van der Waals surface area contributed by atoms with E-state index in [1.54, 1.807) is 41.3 Å². The number of pyridine rings is 1. The number of amides is 1. The van der Waals surface area contributed by atoms with Gasteiger partial charge in [-0.2, -0.15) is 9.40 Å². The van der Waals surface area contributed by atoms with E-state index in [0.717, 1.165) is 5.69 Å². The number of carbonyl (C=O) groups is 1. The van der Waals surface area contributed by atoms with Crippen molar-refractivity contribution >= 4 is 38.4 Å². The van der Waals surface area contributed by atoms with E-state index >= 15 is 0 Å². The summed E-state index contributed by atoms with van der Waals surface area (Å²) < 4.78 is 45.4. The monoisotopic (exact) mass is 502 g/mol. The number of rotatable bonds is 5. The van der Waals surface area contributed by atoms with Crippen molar-refractivity contribution in [3.63, 3.8) is 0 Å². The van der Waals surface area contributed by atoms with E-state index in [9.17, 15) is 17.6 Å². The van der Waals surface area contributed by atoms with Crippen molar-refractivity contribution in [1.82, 2.24) is 29.0 Å². The molecular weight excluding hydrogens is 483 g/mol. The van der Waals surface area contributed by atoms with E-state index in [1.807, 2.05) is 0 Å². The molecule has 12 heteroatoms. The molecule has 3 aromatic heterocycles. The number of nitrogens with one attached hydrogen (secondary N) is 1. The van der Waals surface area contributed by atoms with Gasteiger partial charge in [0.25, 0.3) is 5.91 Å². The Balaban J connectivity index is 1.40. The minimum Gasteiger partial charge on any atom is -0.347 e. The topological polar surface area (TPSA) is 102 Å². The van der Waals surface area contributed by atoms with Gasteiger partial charge >= 0.3 is 0 Å². The van der Waals surface area contributed by atoms with E-state index in [2.05, 4.69) is 15.4 Å². The number of sulfonamides is 1. The summed E-state index contributed by atoms with van der Waals surface area (Å²) in [6.45, 7) is 0.709. The molecule has 0 fully saturated rings. The number of aromatic nitrogens is 4. The third-order valence-corrected chi connectivity index (χ3v) is 8.37. The van der Waals surface area contributed by atoms with Crippen LogP contribution in [0.1, 0.15) is 21.7 Å². The van der Waals surface area contributed by atoms with Gasteiger partial charge in [0.1, 0.15) is 21.6 Å². The Morgan fingerprint density at radius 3 is 2.85 bits per heavy atom. The summed E-state index contributed by atoms with van der Waals surface area (Å²) in [4.78, 5) is 17.0. The highest BCUT2D eigenvalue weighted by atomic mass is 35.5. The predicted octanol–water partition coefficient (Wildman–Crippen LogP) is 2.70. The molecule has 0 saturated carbocycles. The molecule has 1 amide bonds. The Bertz CT molecular complexity index is 1530. The van der Waals surface area contributed by atoms with Crippen LogP contribution in [0.4, 0.5) is 4.39 Å². The lowest BCUT2D eigenvalue weighted by molar-refractivity contribution is 0.0942. The average molecular weight is 503 g/mol. The van der Waals surface area contributed by atoms with Crippen LogP contribution in [0.2, 0.25) is 5.15 Å². The van der Waals surface area contributed by atoms with Gasteiger partial charge in [0, 0.05) is 43.5 Å². The number of benzene rings is 1. The van der Waals surface area contributed by atoms with Crippen molar-refractivity contribution in [2.24, 2.45) is 7.05 Å². The van der Waals surface area contributed by atoms with Crippen molar-refractivity contribution in [1.29, 1.82) is 0 Å². The second-order valence-corrected chi connectivity index (χ2v) is 10.2. The molecule has 34 heavy (non-hydrogen) atoms. The Morgan fingerprint density at radius 2 is 2.03 bits per heavy atom. The van der Waals surface area contributed by atoms with Gasteiger partial charge in [0.2, 0.25) is 10.0 Å². The molecule has 5 rings (SSSR count). The molecule has 1 aliphatic rings. The summed E-state index contributed by atoms with van der Waals surface area (Å²) in [7, 11) is -2.46. The molecule has 1 aliphatic heterocycles. The molecule has 0 spiro atoms. The largest absolute Gasteiger partial charge is 0.347 e. The third-order valence-electron chi connectivity index (χ3n) is 5.95. The molecule has 176 valence electrons. The first kappa shape index (κ1) is 22.5. The maximum Gasteiger partial charge on any atom is 0.268 e. The van der Waals surface area contributed by atoms with E-state index in [4.69, 9.17) is 11.6 Å². The van der Waals surface area contributed by atoms with Gasteiger partial charge in [-0.3, -0.25) is 14.5 Å². The smallest absolute Gasteiger partial charge is 0.268 e. The van der Waals surface area contributed by atoms with E-state index in [1.165, 1.54) is 28.1 Å². The first-order valence-electron chi connectivity index (χ1n) is 10.4. The van der Waals surface area contributed by atoms with Crippen molar-refractivity contribution in [2.75, 3.05) is 6.54 Å². The molecule has 4 aromatic rings. The van der Waals surface area contributed by atoms with Crippen LogP contribution in [-0.2, 0) is 36.7 Å². The van der Waals surface area contributed by atoms with E-state index < -0.39 is 21.7 Å². The van der Waals surface area contributed by atoms with Gasteiger partial charge in [0.15, 0.2) is 0 Å². The molecule has 0 bridgehead atoms. The second-order valence-electron chi connectivity index (χ2n) is 7.91.